The van der Waals surface area contributed by atoms with E-state index in [0.29, 0.717) is 5.52 Å². The first-order valence-electron chi connectivity index (χ1n) is 9.47. The van der Waals surface area contributed by atoms with Gasteiger partial charge in [0.15, 0.2) is 34.7 Å². The Labute approximate surface area is 187 Å². The van der Waals surface area contributed by atoms with E-state index in [4.69, 9.17) is 30.7 Å². The molecule has 34 heavy (non-hydrogen) atoms. The van der Waals surface area contributed by atoms with Crippen LogP contribution in [0.15, 0.2) is 12.7 Å². The fourth-order valence-electron chi connectivity index (χ4n) is 3.38. The summed E-state index contributed by atoms with van der Waals surface area (Å²) < 4.78 is 27.6. The quantitative estimate of drug-likeness (QED) is 0.145. The van der Waals surface area contributed by atoms with E-state index in [0.717, 1.165) is 0 Å². The van der Waals surface area contributed by atoms with Crippen molar-refractivity contribution in [3.05, 3.63) is 12.7 Å². The number of nitrogens with zero attached hydrogens (tertiary/aromatic N) is 7. The molecule has 180 valence electrons. The summed E-state index contributed by atoms with van der Waals surface area (Å²) in [6, 6.07) is -0.486. The Morgan fingerprint density at radius 2 is 1.82 bits per heavy atom. The van der Waals surface area contributed by atoms with E-state index >= 15 is 0 Å². The molecule has 0 aliphatic carbocycles. The number of aromatic nitrogens is 8. The van der Waals surface area contributed by atoms with Crippen LogP contribution < -0.4 is 16.2 Å². The van der Waals surface area contributed by atoms with Gasteiger partial charge in [0, 0.05) is 0 Å². The normalized spacial score (nSPS) is 23.2. The molecule has 4 atom stereocenters. The van der Waals surface area contributed by atoms with Crippen LogP contribution in [-0.2, 0) is 13.8 Å². The number of hydrogen-bond acceptors (Lipinski definition) is 14. The SMILES string of the molecule is Nc1nc(Oc2nc(N)c3[nH]cnc3n2)nc2c1ncn2[C@@H]1O[C@H](COP(=O)(O)O)[C@H](O)C1O. The van der Waals surface area contributed by atoms with Gasteiger partial charge in [-0.2, -0.15) is 19.9 Å². The number of anilines is 2. The molecule has 1 unspecified atom stereocenters. The fourth-order valence-corrected chi connectivity index (χ4v) is 3.72. The van der Waals surface area contributed by atoms with Gasteiger partial charge in [-0.1, -0.05) is 0 Å². The summed E-state index contributed by atoms with van der Waals surface area (Å²) >= 11 is 0. The van der Waals surface area contributed by atoms with Crippen molar-refractivity contribution in [2.75, 3.05) is 18.1 Å². The van der Waals surface area contributed by atoms with Crippen LogP contribution in [0.3, 0.4) is 0 Å². The van der Waals surface area contributed by atoms with E-state index in [2.05, 4.69) is 39.4 Å². The highest BCUT2D eigenvalue weighted by atomic mass is 31.2. The van der Waals surface area contributed by atoms with Gasteiger partial charge in [0.1, 0.15) is 23.8 Å². The third kappa shape index (κ3) is 3.99. The van der Waals surface area contributed by atoms with Crippen LogP contribution in [0.4, 0.5) is 11.6 Å². The first kappa shape index (κ1) is 22.3. The highest BCUT2D eigenvalue weighted by Gasteiger charge is 2.45. The first-order chi connectivity index (χ1) is 16.1. The van der Waals surface area contributed by atoms with Crippen LogP contribution in [0.2, 0.25) is 0 Å². The first-order valence-corrected chi connectivity index (χ1v) is 11.0. The number of nitrogens with two attached hydrogens (primary N) is 2. The number of imidazole rings is 2. The molecule has 1 aliphatic heterocycles. The summed E-state index contributed by atoms with van der Waals surface area (Å²) in [7, 11) is -4.82. The second-order valence-corrected chi connectivity index (χ2v) is 8.38. The number of nitrogen functional groups attached to an aromatic ring is 2. The lowest BCUT2D eigenvalue weighted by atomic mass is 10.1. The average molecular weight is 496 g/mol. The Morgan fingerprint density at radius 3 is 2.59 bits per heavy atom. The summed E-state index contributed by atoms with van der Waals surface area (Å²) in [5.74, 6) is -0.00129. The van der Waals surface area contributed by atoms with Crippen molar-refractivity contribution in [2.45, 2.75) is 24.5 Å². The van der Waals surface area contributed by atoms with Crippen molar-refractivity contribution < 1.29 is 38.6 Å². The third-order valence-electron chi connectivity index (χ3n) is 4.92. The topological polar surface area (TPSA) is 276 Å². The monoisotopic (exact) mass is 496 g/mol. The van der Waals surface area contributed by atoms with Crippen LogP contribution in [0.1, 0.15) is 6.23 Å². The van der Waals surface area contributed by atoms with Crippen LogP contribution in [0.25, 0.3) is 22.3 Å². The number of ether oxygens (including phenoxy) is 2. The minimum Gasteiger partial charge on any atom is -0.388 e. The lowest BCUT2D eigenvalue weighted by molar-refractivity contribution is -0.0504. The molecule has 4 aromatic heterocycles. The number of nitrogens with one attached hydrogen (secondary N) is 1. The summed E-state index contributed by atoms with van der Waals surface area (Å²) in [5.41, 5.74) is 12.7. The molecule has 4 aromatic rings. The third-order valence-corrected chi connectivity index (χ3v) is 5.41. The maximum Gasteiger partial charge on any atom is 0.469 e. The maximum atomic E-state index is 11.0. The molecule has 19 heteroatoms. The van der Waals surface area contributed by atoms with E-state index in [1.54, 1.807) is 0 Å². The molecule has 5 rings (SSSR count). The molecule has 1 saturated heterocycles. The lowest BCUT2D eigenvalue weighted by Crippen LogP contribution is -2.33. The van der Waals surface area contributed by atoms with E-state index < -0.39 is 39.0 Å². The Kier molecular flexibility index (Phi) is 5.29. The molecule has 0 bridgehead atoms. The van der Waals surface area contributed by atoms with Crippen LogP contribution in [0.5, 0.6) is 12.0 Å². The number of phosphoric acid groups is 1. The Bertz CT molecular complexity index is 1420. The number of H-pyrrole nitrogens is 1. The number of hydrogen-bond donors (Lipinski definition) is 7. The predicted octanol–water partition coefficient (Wildman–Crippen LogP) is -1.82. The molecular weight excluding hydrogens is 479 g/mol. The van der Waals surface area contributed by atoms with E-state index in [1.165, 1.54) is 17.2 Å². The molecular formula is C15H17N10O8P. The number of rotatable bonds is 6. The Morgan fingerprint density at radius 1 is 1.09 bits per heavy atom. The van der Waals surface area contributed by atoms with Gasteiger partial charge in [-0.25, -0.2) is 14.5 Å². The zero-order chi connectivity index (χ0) is 24.2. The summed E-state index contributed by atoms with van der Waals surface area (Å²) in [6.07, 6.45) is -2.93. The van der Waals surface area contributed by atoms with Crippen molar-refractivity contribution in [2.24, 2.45) is 0 Å². The number of phosphoric ester groups is 1. The van der Waals surface area contributed by atoms with Crippen LogP contribution >= 0.6 is 7.82 Å². The van der Waals surface area contributed by atoms with Gasteiger partial charge in [0.2, 0.25) is 0 Å². The molecule has 1 fully saturated rings. The molecule has 5 heterocycles. The van der Waals surface area contributed by atoms with Gasteiger partial charge in [0.05, 0.1) is 19.3 Å². The lowest BCUT2D eigenvalue weighted by Gasteiger charge is -2.16. The standard InChI is InChI=1S/C15H17N10O8P/c16-9-5-11(19-2-18-5)23-14(21-9)33-15-22-10(17)6-12(24-15)25(3-20-6)13-8(27)7(26)4(32-13)1-31-34(28,29)30/h2-4,7-8,13,26-27H,1H2,(H2,17,22,24)(H2,28,29,30)(H3,16,18,19,21,23)/t4-,7+,8?,13-/m1/s1. The second-order valence-electron chi connectivity index (χ2n) is 7.14. The zero-order valence-electron chi connectivity index (χ0n) is 16.8. The van der Waals surface area contributed by atoms with Gasteiger partial charge >= 0.3 is 19.8 Å². The molecule has 0 saturated carbocycles. The predicted molar refractivity (Wildman–Crippen MR) is 110 cm³/mol. The molecule has 18 nitrogen and oxygen atoms in total. The summed E-state index contributed by atoms with van der Waals surface area (Å²) in [4.78, 5) is 44.9. The van der Waals surface area contributed by atoms with Crippen molar-refractivity contribution in [3.63, 3.8) is 0 Å². The van der Waals surface area contributed by atoms with Crippen molar-refractivity contribution >= 4 is 41.8 Å². The molecule has 0 aromatic carbocycles. The Balaban J connectivity index is 1.45. The maximum absolute atomic E-state index is 11.0. The average Bonchev–Trinajstić information content (AvgIpc) is 3.46. The van der Waals surface area contributed by atoms with Crippen molar-refractivity contribution in [1.29, 1.82) is 0 Å². The van der Waals surface area contributed by atoms with Gasteiger partial charge in [-0.15, -0.1) is 0 Å². The van der Waals surface area contributed by atoms with E-state index in [-0.39, 0.29) is 40.5 Å². The van der Waals surface area contributed by atoms with E-state index in [9.17, 15) is 14.8 Å². The fraction of sp³-hybridized carbons (Fsp3) is 0.333. The van der Waals surface area contributed by atoms with Gasteiger partial charge in [-0.05, 0) is 0 Å². The highest BCUT2D eigenvalue weighted by molar-refractivity contribution is 7.46. The highest BCUT2D eigenvalue weighted by Crippen LogP contribution is 2.39. The minimum atomic E-state index is -4.82. The number of aliphatic hydroxyl groups excluding tert-OH is 2. The van der Waals surface area contributed by atoms with Crippen molar-refractivity contribution in [1.82, 2.24) is 39.5 Å². The molecule has 0 spiro atoms. The molecule has 1 aliphatic rings. The number of aromatic amines is 1. The second kappa shape index (κ2) is 8.06. The van der Waals surface area contributed by atoms with Gasteiger partial charge in [0.25, 0.3) is 0 Å². The van der Waals surface area contributed by atoms with Gasteiger partial charge < -0.3 is 45.9 Å². The van der Waals surface area contributed by atoms with Gasteiger partial charge in [-0.3, -0.25) is 9.09 Å². The molecule has 0 radical (unpaired) electrons. The summed E-state index contributed by atoms with van der Waals surface area (Å²) in [6.45, 7) is -0.675. The number of fused-ring (bicyclic) bond motifs is 2. The van der Waals surface area contributed by atoms with Crippen molar-refractivity contribution in [3.8, 4) is 12.0 Å². The number of aliphatic hydroxyl groups is 2. The van der Waals surface area contributed by atoms with Crippen LogP contribution in [0, 0.1) is 0 Å². The Hall–Kier alpha value is -3.51. The molecule has 0 amide bonds. The van der Waals surface area contributed by atoms with Crippen LogP contribution in [-0.4, -0.2) is 84.4 Å². The molecule has 9 N–H and O–H groups in total. The minimum absolute atomic E-state index is 0.0594. The largest absolute Gasteiger partial charge is 0.469 e. The zero-order valence-corrected chi connectivity index (χ0v) is 17.7. The van der Waals surface area contributed by atoms with E-state index in [1.807, 2.05) is 0 Å². The smallest absolute Gasteiger partial charge is 0.388 e. The summed E-state index contributed by atoms with van der Waals surface area (Å²) in [5, 5.41) is 20.7.